The fourth-order valence-electron chi connectivity index (χ4n) is 4.97. The molecular weight excluding hydrogens is 364 g/mol. The number of hydrogen-bond acceptors (Lipinski definition) is 4. The van der Waals surface area contributed by atoms with E-state index >= 15 is 0 Å². The van der Waals surface area contributed by atoms with Gasteiger partial charge in [-0.3, -0.25) is 14.4 Å². The molecular formula is C20H24N2O4S. The Kier molecular flexibility index (Phi) is 4.80. The van der Waals surface area contributed by atoms with Crippen LogP contribution in [0.2, 0.25) is 0 Å². The van der Waals surface area contributed by atoms with Crippen molar-refractivity contribution in [3.8, 4) is 0 Å². The molecule has 2 amide bonds. The molecule has 0 radical (unpaired) electrons. The Morgan fingerprint density at radius 2 is 1.70 bits per heavy atom. The second-order valence-electron chi connectivity index (χ2n) is 7.80. The minimum atomic E-state index is -0.925. The maximum Gasteiger partial charge on any atom is 0.307 e. The van der Waals surface area contributed by atoms with E-state index in [1.165, 1.54) is 11.3 Å². The van der Waals surface area contributed by atoms with Crippen molar-refractivity contribution in [2.45, 2.75) is 44.9 Å². The van der Waals surface area contributed by atoms with E-state index in [4.69, 9.17) is 5.73 Å². The molecule has 4 aliphatic rings. The summed E-state index contributed by atoms with van der Waals surface area (Å²) in [6.45, 7) is 0. The van der Waals surface area contributed by atoms with Crippen LogP contribution in [0.3, 0.4) is 0 Å². The molecule has 27 heavy (non-hydrogen) atoms. The second-order valence-corrected chi connectivity index (χ2v) is 8.91. The fourth-order valence-corrected chi connectivity index (χ4v) is 6.27. The van der Waals surface area contributed by atoms with E-state index in [1.807, 2.05) is 12.2 Å². The number of carboxylic acid groups (broad SMARTS) is 1. The first-order chi connectivity index (χ1) is 13.0. The highest BCUT2D eigenvalue weighted by Crippen LogP contribution is 2.46. The van der Waals surface area contributed by atoms with Crippen LogP contribution in [0, 0.1) is 23.7 Å². The first kappa shape index (κ1) is 18.2. The van der Waals surface area contributed by atoms with Gasteiger partial charge in [-0.1, -0.05) is 18.6 Å². The number of nitrogens with two attached hydrogens (primary N) is 1. The maximum atomic E-state index is 13.1. The first-order valence-corrected chi connectivity index (χ1v) is 10.5. The number of anilines is 1. The van der Waals surface area contributed by atoms with Crippen LogP contribution in [0.15, 0.2) is 12.2 Å². The van der Waals surface area contributed by atoms with Gasteiger partial charge in [-0.15, -0.1) is 11.3 Å². The Morgan fingerprint density at radius 3 is 2.33 bits per heavy atom. The molecule has 6 nitrogen and oxygen atoms in total. The average molecular weight is 388 g/mol. The van der Waals surface area contributed by atoms with E-state index in [9.17, 15) is 19.5 Å². The van der Waals surface area contributed by atoms with Crippen LogP contribution in [-0.4, -0.2) is 22.9 Å². The zero-order valence-corrected chi connectivity index (χ0v) is 15.9. The number of thiophene rings is 1. The molecule has 4 N–H and O–H groups in total. The molecule has 4 atom stereocenters. The Hall–Kier alpha value is -2.15. The highest BCUT2D eigenvalue weighted by atomic mass is 32.1. The van der Waals surface area contributed by atoms with Gasteiger partial charge in [-0.25, -0.2) is 0 Å². The number of hydrogen-bond donors (Lipinski definition) is 3. The van der Waals surface area contributed by atoms with Crippen molar-refractivity contribution in [3.05, 3.63) is 28.2 Å². The summed E-state index contributed by atoms with van der Waals surface area (Å²) in [7, 11) is 0. The Bertz CT molecular complexity index is 828. The second kappa shape index (κ2) is 7.11. The number of rotatable bonds is 4. The molecule has 144 valence electrons. The van der Waals surface area contributed by atoms with Crippen molar-refractivity contribution >= 4 is 34.1 Å². The van der Waals surface area contributed by atoms with E-state index in [1.54, 1.807) is 0 Å². The van der Waals surface area contributed by atoms with Gasteiger partial charge in [0.2, 0.25) is 5.91 Å². The zero-order valence-electron chi connectivity index (χ0n) is 15.1. The third-order valence-corrected chi connectivity index (χ3v) is 7.45. The van der Waals surface area contributed by atoms with E-state index < -0.39 is 23.7 Å². The molecule has 0 aromatic carbocycles. The molecule has 1 aromatic rings. The smallest absolute Gasteiger partial charge is 0.307 e. The summed E-state index contributed by atoms with van der Waals surface area (Å²) in [5.74, 6) is -3.22. The van der Waals surface area contributed by atoms with Crippen LogP contribution >= 0.6 is 11.3 Å². The van der Waals surface area contributed by atoms with Gasteiger partial charge in [-0.2, -0.15) is 0 Å². The van der Waals surface area contributed by atoms with Gasteiger partial charge in [0.1, 0.15) is 5.00 Å². The van der Waals surface area contributed by atoms with Crippen LogP contribution in [0.25, 0.3) is 0 Å². The number of amides is 2. The van der Waals surface area contributed by atoms with Crippen molar-refractivity contribution < 1.29 is 19.5 Å². The highest BCUT2D eigenvalue weighted by molar-refractivity contribution is 7.17. The van der Waals surface area contributed by atoms with Gasteiger partial charge < -0.3 is 16.2 Å². The van der Waals surface area contributed by atoms with Gasteiger partial charge in [-0.05, 0) is 55.9 Å². The zero-order chi connectivity index (χ0) is 19.1. The molecule has 1 aromatic heterocycles. The van der Waals surface area contributed by atoms with Crippen LogP contribution in [-0.2, 0) is 22.4 Å². The minimum absolute atomic E-state index is 0.0640. The lowest BCUT2D eigenvalue weighted by molar-refractivity contribution is -0.151. The maximum absolute atomic E-state index is 13.1. The molecule has 5 rings (SSSR count). The standard InChI is InChI=1S/C20H24N2O4S/c21-17(23)16-12-4-2-1-3-5-13(12)27-19(16)22-18(24)14-10-6-8-11(9-7-10)15(14)20(25)26/h6,8,10-11,14-15H,1-5,7,9H2,(H2,21,23)(H,22,24)(H,25,26)/t10-,11-,14+,15-/m0/s1. The predicted octanol–water partition coefficient (Wildman–Crippen LogP) is 2.97. The summed E-state index contributed by atoms with van der Waals surface area (Å²) in [6, 6.07) is 0. The fraction of sp³-hybridized carbons (Fsp3) is 0.550. The van der Waals surface area contributed by atoms with Crippen molar-refractivity contribution in [2.75, 3.05) is 5.32 Å². The van der Waals surface area contributed by atoms with E-state index in [0.717, 1.165) is 55.4 Å². The average Bonchev–Trinajstić information content (AvgIpc) is 2.82. The van der Waals surface area contributed by atoms with Crippen molar-refractivity contribution in [1.29, 1.82) is 0 Å². The number of primary amides is 1. The third kappa shape index (κ3) is 3.18. The molecule has 4 aliphatic carbocycles. The van der Waals surface area contributed by atoms with E-state index in [-0.39, 0.29) is 17.7 Å². The first-order valence-electron chi connectivity index (χ1n) is 9.63. The quantitative estimate of drug-likeness (QED) is 0.544. The molecule has 7 heteroatoms. The summed E-state index contributed by atoms with van der Waals surface area (Å²) in [4.78, 5) is 38.1. The predicted molar refractivity (Wildman–Crippen MR) is 103 cm³/mol. The lowest BCUT2D eigenvalue weighted by Gasteiger charge is -2.41. The Balaban J connectivity index is 1.64. The topological polar surface area (TPSA) is 109 Å². The molecule has 2 bridgehead atoms. The van der Waals surface area contributed by atoms with E-state index in [2.05, 4.69) is 5.32 Å². The lowest BCUT2D eigenvalue weighted by atomic mass is 9.62. The molecule has 0 aliphatic heterocycles. The number of carboxylic acids is 1. The van der Waals surface area contributed by atoms with Gasteiger partial charge >= 0.3 is 5.97 Å². The summed E-state index contributed by atoms with van der Waals surface area (Å²) in [6.07, 6.45) is 10.5. The molecule has 1 fully saturated rings. The number of aliphatic carboxylic acids is 1. The number of aryl methyl sites for hydroxylation is 1. The summed E-state index contributed by atoms with van der Waals surface area (Å²) < 4.78 is 0. The molecule has 0 spiro atoms. The summed E-state index contributed by atoms with van der Waals surface area (Å²) in [5, 5.41) is 13.1. The largest absolute Gasteiger partial charge is 0.481 e. The lowest BCUT2D eigenvalue weighted by Crippen LogP contribution is -2.47. The van der Waals surface area contributed by atoms with E-state index in [0.29, 0.717) is 10.6 Å². The molecule has 1 saturated carbocycles. The van der Waals surface area contributed by atoms with Gasteiger partial charge in [0.15, 0.2) is 0 Å². The SMILES string of the molecule is NC(=O)c1c(NC(=O)[C@H]2[C@@H](C(=O)O)[C@H]3C=C[C@H]2CC3)sc2c1CCCCC2. The van der Waals surface area contributed by atoms with Gasteiger partial charge in [0.05, 0.1) is 17.4 Å². The van der Waals surface area contributed by atoms with Crippen LogP contribution < -0.4 is 11.1 Å². The molecule has 1 heterocycles. The third-order valence-electron chi connectivity index (χ3n) is 6.24. The summed E-state index contributed by atoms with van der Waals surface area (Å²) >= 11 is 1.43. The number of fused-ring (bicyclic) bond motifs is 3. The van der Waals surface area contributed by atoms with Gasteiger partial charge in [0.25, 0.3) is 5.91 Å². The highest BCUT2D eigenvalue weighted by Gasteiger charge is 2.48. The number of carbonyl (C=O) groups excluding carboxylic acids is 2. The molecule has 0 saturated heterocycles. The number of allylic oxidation sites excluding steroid dienone is 2. The van der Waals surface area contributed by atoms with Gasteiger partial charge in [0, 0.05) is 4.88 Å². The summed E-state index contributed by atoms with van der Waals surface area (Å²) in [5.41, 5.74) is 7.03. The minimum Gasteiger partial charge on any atom is -0.481 e. The van der Waals surface area contributed by atoms with Crippen LogP contribution in [0.1, 0.15) is 52.9 Å². The Morgan fingerprint density at radius 1 is 1.04 bits per heavy atom. The monoisotopic (exact) mass is 388 g/mol. The normalized spacial score (nSPS) is 29.0. The van der Waals surface area contributed by atoms with Crippen molar-refractivity contribution in [1.82, 2.24) is 0 Å². The Labute approximate surface area is 161 Å². The number of nitrogens with one attached hydrogen (secondary N) is 1. The molecule has 0 unspecified atom stereocenters. The van der Waals surface area contributed by atoms with Crippen molar-refractivity contribution in [3.63, 3.8) is 0 Å². The van der Waals surface area contributed by atoms with Crippen LogP contribution in [0.4, 0.5) is 5.00 Å². The van der Waals surface area contributed by atoms with Crippen molar-refractivity contribution in [2.24, 2.45) is 29.4 Å². The van der Waals surface area contributed by atoms with Crippen LogP contribution in [0.5, 0.6) is 0 Å². The number of carbonyl (C=O) groups is 3.